The van der Waals surface area contributed by atoms with Crippen molar-refractivity contribution in [1.82, 2.24) is 5.32 Å². The zero-order valence-electron chi connectivity index (χ0n) is 18.7. The minimum Gasteiger partial charge on any atom is -0.484 e. The molecule has 2 aliphatic heterocycles. The molecule has 0 spiro atoms. The van der Waals surface area contributed by atoms with Crippen LogP contribution in [0.3, 0.4) is 0 Å². The van der Waals surface area contributed by atoms with Crippen LogP contribution in [0, 0.1) is 12.8 Å². The Morgan fingerprint density at radius 1 is 1.12 bits per heavy atom. The maximum Gasteiger partial charge on any atom is 0.262 e. The Morgan fingerprint density at radius 2 is 1.88 bits per heavy atom. The van der Waals surface area contributed by atoms with Gasteiger partial charge in [0.2, 0.25) is 11.8 Å². The van der Waals surface area contributed by atoms with Crippen molar-refractivity contribution in [1.29, 1.82) is 0 Å². The van der Waals surface area contributed by atoms with E-state index in [1.807, 2.05) is 31.2 Å². The molecule has 2 N–H and O–H groups in total. The first-order valence-electron chi connectivity index (χ1n) is 11.3. The van der Waals surface area contributed by atoms with Gasteiger partial charge in [-0.2, -0.15) is 0 Å². The number of hydrogen-bond acceptors (Lipinski definition) is 5. The van der Waals surface area contributed by atoms with Crippen molar-refractivity contribution < 1.29 is 23.9 Å². The highest BCUT2D eigenvalue weighted by Gasteiger charge is 2.35. The van der Waals surface area contributed by atoms with Crippen LogP contribution in [0.4, 0.5) is 11.4 Å². The number of carbonyl (C=O) groups excluding carboxylic acids is 3. The summed E-state index contributed by atoms with van der Waals surface area (Å²) in [5, 5.41) is 5.70. The highest BCUT2D eigenvalue weighted by Crippen LogP contribution is 2.27. The summed E-state index contributed by atoms with van der Waals surface area (Å²) in [6, 6.07) is 14.5. The predicted molar refractivity (Wildman–Crippen MR) is 124 cm³/mol. The quantitative estimate of drug-likeness (QED) is 0.643. The lowest BCUT2D eigenvalue weighted by Gasteiger charge is -2.18. The van der Waals surface area contributed by atoms with Crippen LogP contribution in [0.1, 0.15) is 24.8 Å². The normalized spacial score (nSPS) is 20.0. The number of carbonyl (C=O) groups is 3. The van der Waals surface area contributed by atoms with Crippen LogP contribution in [0.25, 0.3) is 0 Å². The second-order valence-corrected chi connectivity index (χ2v) is 8.48. The molecule has 33 heavy (non-hydrogen) atoms. The van der Waals surface area contributed by atoms with Crippen molar-refractivity contribution in [3.05, 3.63) is 54.1 Å². The van der Waals surface area contributed by atoms with Crippen molar-refractivity contribution in [2.75, 3.05) is 36.5 Å². The predicted octanol–water partition coefficient (Wildman–Crippen LogP) is 2.66. The molecule has 174 valence electrons. The van der Waals surface area contributed by atoms with E-state index in [1.54, 1.807) is 29.2 Å². The van der Waals surface area contributed by atoms with Crippen LogP contribution in [0.5, 0.6) is 5.75 Å². The maximum absolute atomic E-state index is 12.5. The molecule has 0 bridgehead atoms. The largest absolute Gasteiger partial charge is 0.484 e. The number of ether oxygens (including phenoxy) is 2. The lowest BCUT2D eigenvalue weighted by molar-refractivity contribution is -0.126. The van der Waals surface area contributed by atoms with Crippen molar-refractivity contribution in [3.63, 3.8) is 0 Å². The van der Waals surface area contributed by atoms with Gasteiger partial charge < -0.3 is 25.0 Å². The van der Waals surface area contributed by atoms with Gasteiger partial charge in [-0.1, -0.05) is 17.7 Å². The molecular weight excluding hydrogens is 422 g/mol. The summed E-state index contributed by atoms with van der Waals surface area (Å²) in [7, 11) is 0. The molecule has 2 aromatic rings. The number of hydrogen-bond donors (Lipinski definition) is 2. The zero-order valence-corrected chi connectivity index (χ0v) is 18.7. The smallest absolute Gasteiger partial charge is 0.262 e. The number of nitrogens with one attached hydrogen (secondary N) is 2. The van der Waals surface area contributed by atoms with Gasteiger partial charge in [-0.3, -0.25) is 14.4 Å². The fourth-order valence-electron chi connectivity index (χ4n) is 4.00. The van der Waals surface area contributed by atoms with Crippen molar-refractivity contribution >= 4 is 29.1 Å². The van der Waals surface area contributed by atoms with E-state index in [0.29, 0.717) is 30.2 Å². The Morgan fingerprint density at radius 3 is 2.58 bits per heavy atom. The second kappa shape index (κ2) is 10.5. The molecule has 0 aromatic heterocycles. The number of aryl methyl sites for hydroxylation is 1. The Labute approximate surface area is 193 Å². The average molecular weight is 452 g/mol. The molecule has 3 amide bonds. The SMILES string of the molecule is Cc1ccc(NC(=O)COc2ccc(N3C[C@H](C(=O)NC[C@@H]4CCCO4)CC3=O)cc2)cc1. The van der Waals surface area contributed by atoms with Gasteiger partial charge in [0.15, 0.2) is 6.61 Å². The molecule has 0 saturated carbocycles. The van der Waals surface area contributed by atoms with E-state index in [0.717, 1.165) is 25.0 Å². The van der Waals surface area contributed by atoms with Crippen LogP contribution < -0.4 is 20.3 Å². The summed E-state index contributed by atoms with van der Waals surface area (Å²) in [4.78, 5) is 38.7. The molecule has 8 heteroatoms. The van der Waals surface area contributed by atoms with Crippen molar-refractivity contribution in [2.45, 2.75) is 32.3 Å². The number of amides is 3. The molecule has 4 rings (SSSR count). The van der Waals surface area contributed by atoms with Crippen LogP contribution >= 0.6 is 0 Å². The van der Waals surface area contributed by atoms with Gasteiger partial charge in [0.1, 0.15) is 5.75 Å². The molecule has 8 nitrogen and oxygen atoms in total. The third kappa shape index (κ3) is 6.10. The van der Waals surface area contributed by atoms with E-state index in [2.05, 4.69) is 10.6 Å². The zero-order chi connectivity index (χ0) is 23.2. The Kier molecular flexibility index (Phi) is 7.24. The van der Waals surface area contributed by atoms with E-state index in [1.165, 1.54) is 0 Å². The molecule has 0 aliphatic carbocycles. The third-order valence-corrected chi connectivity index (χ3v) is 5.88. The van der Waals surface area contributed by atoms with E-state index in [9.17, 15) is 14.4 Å². The lowest BCUT2D eigenvalue weighted by atomic mass is 10.1. The molecule has 2 aromatic carbocycles. The van der Waals surface area contributed by atoms with E-state index >= 15 is 0 Å². The van der Waals surface area contributed by atoms with Gasteiger partial charge in [-0.15, -0.1) is 0 Å². The van der Waals surface area contributed by atoms with Gasteiger partial charge in [0.25, 0.3) is 5.91 Å². The standard InChI is InChI=1S/C25H29N3O5/c1-17-4-6-19(7-5-17)27-23(29)16-33-21-10-8-20(9-11-21)28-15-18(13-24(28)30)25(31)26-14-22-3-2-12-32-22/h4-11,18,22H,2-3,12-16H2,1H3,(H,26,31)(H,27,29)/t18-,22+/m1/s1. The van der Waals surface area contributed by atoms with E-state index in [4.69, 9.17) is 9.47 Å². The van der Waals surface area contributed by atoms with Crippen molar-refractivity contribution in [3.8, 4) is 5.75 Å². The minimum absolute atomic E-state index is 0.0775. The summed E-state index contributed by atoms with van der Waals surface area (Å²) in [5.74, 6) is -0.301. The van der Waals surface area contributed by atoms with Crippen LogP contribution in [-0.4, -0.2) is 50.1 Å². The van der Waals surface area contributed by atoms with Gasteiger partial charge in [-0.05, 0) is 56.2 Å². The number of nitrogens with zero attached hydrogens (tertiary/aromatic N) is 1. The first-order chi connectivity index (χ1) is 16.0. The number of benzene rings is 2. The molecule has 2 saturated heterocycles. The fourth-order valence-corrected chi connectivity index (χ4v) is 4.00. The minimum atomic E-state index is -0.375. The van der Waals surface area contributed by atoms with E-state index in [-0.39, 0.29) is 42.8 Å². The summed E-state index contributed by atoms with van der Waals surface area (Å²) in [6.45, 7) is 3.44. The van der Waals surface area contributed by atoms with Crippen molar-refractivity contribution in [2.24, 2.45) is 5.92 Å². The monoisotopic (exact) mass is 451 g/mol. The Balaban J connectivity index is 1.25. The first kappa shape index (κ1) is 22.8. The Bertz CT molecular complexity index is 984. The van der Waals surface area contributed by atoms with Crippen LogP contribution in [0.2, 0.25) is 0 Å². The van der Waals surface area contributed by atoms with Crippen LogP contribution in [0.15, 0.2) is 48.5 Å². The number of anilines is 2. The summed E-state index contributed by atoms with van der Waals surface area (Å²) >= 11 is 0. The first-order valence-corrected chi connectivity index (χ1v) is 11.3. The fraction of sp³-hybridized carbons (Fsp3) is 0.400. The number of rotatable bonds is 8. The van der Waals surface area contributed by atoms with Crippen LogP contribution in [-0.2, 0) is 19.1 Å². The van der Waals surface area contributed by atoms with Gasteiger partial charge in [0.05, 0.1) is 12.0 Å². The molecule has 2 fully saturated rings. The van der Waals surface area contributed by atoms with E-state index < -0.39 is 0 Å². The molecule has 0 unspecified atom stereocenters. The summed E-state index contributed by atoms with van der Waals surface area (Å²) < 4.78 is 11.1. The van der Waals surface area contributed by atoms with Gasteiger partial charge in [-0.25, -0.2) is 0 Å². The molecule has 2 aliphatic rings. The Hall–Kier alpha value is -3.39. The average Bonchev–Trinajstić information content (AvgIpc) is 3.48. The molecule has 2 atom stereocenters. The highest BCUT2D eigenvalue weighted by atomic mass is 16.5. The highest BCUT2D eigenvalue weighted by molar-refractivity contribution is 6.00. The third-order valence-electron chi connectivity index (χ3n) is 5.88. The molecular formula is C25H29N3O5. The molecule has 2 heterocycles. The van der Waals surface area contributed by atoms with Gasteiger partial charge >= 0.3 is 0 Å². The topological polar surface area (TPSA) is 97.0 Å². The maximum atomic E-state index is 12.5. The summed E-state index contributed by atoms with van der Waals surface area (Å²) in [5.41, 5.74) is 2.53. The lowest BCUT2D eigenvalue weighted by Crippen LogP contribution is -2.37. The second-order valence-electron chi connectivity index (χ2n) is 8.48. The molecule has 0 radical (unpaired) electrons. The van der Waals surface area contributed by atoms with Gasteiger partial charge in [0, 0.05) is 37.5 Å². The summed E-state index contributed by atoms with van der Waals surface area (Å²) in [6.07, 6.45) is 2.24.